The van der Waals surface area contributed by atoms with Gasteiger partial charge in [-0.25, -0.2) is 9.78 Å². The first-order chi connectivity index (χ1) is 16.9. The topological polar surface area (TPSA) is 99.1 Å². The minimum atomic E-state index is -1.08. The van der Waals surface area contributed by atoms with Crippen molar-refractivity contribution in [2.45, 2.75) is 32.2 Å². The number of fused-ring (bicyclic) bond motifs is 6. The highest BCUT2D eigenvalue weighted by Gasteiger charge is 2.15. The second kappa shape index (κ2) is 8.87. The van der Waals surface area contributed by atoms with E-state index in [1.165, 1.54) is 81.5 Å². The molecule has 35 heavy (non-hydrogen) atoms. The third-order valence-corrected chi connectivity index (χ3v) is 6.73. The van der Waals surface area contributed by atoms with Gasteiger partial charge in [-0.15, -0.1) is 0 Å². The number of carboxylic acids is 1. The van der Waals surface area contributed by atoms with Gasteiger partial charge in [-0.2, -0.15) is 0 Å². The van der Waals surface area contributed by atoms with Gasteiger partial charge in [-0.05, 0) is 58.4 Å². The van der Waals surface area contributed by atoms with Crippen LogP contribution < -0.4 is 21.7 Å². The Morgan fingerprint density at radius 1 is 0.971 bits per heavy atom. The van der Waals surface area contributed by atoms with Crippen LogP contribution in [0.5, 0.6) is 0 Å². The molecule has 2 aliphatic carbocycles. The number of rotatable bonds is 2. The molecule has 8 nitrogen and oxygen atoms in total. The lowest BCUT2D eigenvalue weighted by Crippen LogP contribution is -2.37. The van der Waals surface area contributed by atoms with E-state index in [0.29, 0.717) is 0 Å². The highest BCUT2D eigenvalue weighted by molar-refractivity contribution is 5.75. The Morgan fingerprint density at radius 2 is 1.77 bits per heavy atom. The zero-order chi connectivity index (χ0) is 24.7. The maximum Gasteiger partial charge on any atom is 0.332 e. The summed E-state index contributed by atoms with van der Waals surface area (Å²) in [7, 11) is 2.81. The Morgan fingerprint density at radius 3 is 2.57 bits per heavy atom. The number of aromatic nitrogens is 4. The summed E-state index contributed by atoms with van der Waals surface area (Å²) in [6, 6.07) is 13.5. The molecule has 0 atom stereocenters. The lowest BCUT2D eigenvalue weighted by molar-refractivity contribution is -0.137. The van der Waals surface area contributed by atoms with E-state index in [1.807, 2.05) is 0 Å². The number of imidazole rings is 1. The van der Waals surface area contributed by atoms with Crippen LogP contribution in [0, 0.1) is 0 Å². The van der Waals surface area contributed by atoms with Gasteiger partial charge in [-0.3, -0.25) is 18.7 Å². The molecule has 2 aromatic carbocycles. The van der Waals surface area contributed by atoms with Crippen molar-refractivity contribution >= 4 is 29.3 Å². The maximum absolute atomic E-state index is 11.9. The number of benzene rings is 2. The zero-order valence-corrected chi connectivity index (χ0v) is 19.7. The largest absolute Gasteiger partial charge is 0.480 e. The van der Waals surface area contributed by atoms with Gasteiger partial charge < -0.3 is 9.67 Å². The van der Waals surface area contributed by atoms with Crippen LogP contribution in [-0.2, 0) is 38.3 Å². The van der Waals surface area contributed by atoms with E-state index in [4.69, 9.17) is 5.11 Å². The van der Waals surface area contributed by atoms with Crippen molar-refractivity contribution in [3.05, 3.63) is 85.1 Å². The smallest absolute Gasteiger partial charge is 0.332 e. The van der Waals surface area contributed by atoms with Crippen LogP contribution in [0.3, 0.4) is 0 Å². The van der Waals surface area contributed by atoms with Crippen molar-refractivity contribution in [1.82, 2.24) is 18.7 Å². The molecule has 0 bridgehead atoms. The minimum Gasteiger partial charge on any atom is -0.480 e. The highest BCUT2D eigenvalue weighted by Crippen LogP contribution is 2.24. The predicted molar refractivity (Wildman–Crippen MR) is 135 cm³/mol. The number of carbonyl (C=O) groups is 1. The van der Waals surface area contributed by atoms with E-state index in [2.05, 4.69) is 53.5 Å². The van der Waals surface area contributed by atoms with Gasteiger partial charge >= 0.3 is 11.7 Å². The molecule has 0 radical (unpaired) electrons. The Balaban J connectivity index is 0.000000145. The maximum atomic E-state index is 11.9. The zero-order valence-electron chi connectivity index (χ0n) is 19.7. The molecule has 0 aliphatic heterocycles. The summed E-state index contributed by atoms with van der Waals surface area (Å²) in [5.41, 5.74) is 5.09. The van der Waals surface area contributed by atoms with Gasteiger partial charge in [0.25, 0.3) is 5.56 Å². The third-order valence-electron chi connectivity index (χ3n) is 6.73. The van der Waals surface area contributed by atoms with Gasteiger partial charge in [0.05, 0.1) is 6.33 Å². The average molecular weight is 471 g/mol. The number of aryl methyl sites for hydroxylation is 2. The molecule has 0 spiro atoms. The van der Waals surface area contributed by atoms with E-state index in [9.17, 15) is 14.4 Å². The number of carboxylic acid groups (broad SMARTS) is 1. The SMILES string of the molecule is C1=c2c(ccc3c2=CCc2ccccc2-3)CCC1.Cn1c(=O)c2c(ncn2CC(=O)O)n(C)c1=O. The van der Waals surface area contributed by atoms with Crippen molar-refractivity contribution < 1.29 is 9.90 Å². The number of hydrogen-bond donors (Lipinski definition) is 1. The summed E-state index contributed by atoms with van der Waals surface area (Å²) in [5.74, 6) is -1.08. The molecule has 0 unspecified atom stereocenters. The number of nitrogens with zero attached hydrogens (tertiary/aromatic N) is 4. The lowest BCUT2D eigenvalue weighted by Gasteiger charge is -2.17. The summed E-state index contributed by atoms with van der Waals surface area (Å²) in [6.45, 7) is -0.371. The van der Waals surface area contributed by atoms with Crippen molar-refractivity contribution in [2.75, 3.05) is 0 Å². The fraction of sp³-hybridized carbons (Fsp3) is 0.259. The molecule has 0 fully saturated rings. The first kappa shape index (κ1) is 22.6. The predicted octanol–water partition coefficient (Wildman–Crippen LogP) is 1.33. The first-order valence-electron chi connectivity index (χ1n) is 11.6. The second-order valence-electron chi connectivity index (χ2n) is 8.91. The van der Waals surface area contributed by atoms with Crippen LogP contribution in [0.2, 0.25) is 0 Å². The van der Waals surface area contributed by atoms with Crippen LogP contribution in [0.4, 0.5) is 0 Å². The average Bonchev–Trinajstić information content (AvgIpc) is 3.29. The standard InChI is InChI=1S/C18H16.C9H10N4O4/c1-3-7-15-13(5-1)9-11-18-16-8-4-2-6-14(16)10-12-17(15)18;1-11-7-6(8(16)12(2)9(11)17)13(4-10-7)3-5(14)15/h1,3,5,7-8,10-12H,2,4,6,9H2;4H,3H2,1-2H3,(H,14,15). The molecule has 4 aromatic rings. The Hall–Kier alpha value is -4.20. The van der Waals surface area contributed by atoms with Gasteiger partial charge in [0, 0.05) is 14.1 Å². The second-order valence-corrected chi connectivity index (χ2v) is 8.91. The van der Waals surface area contributed by atoms with Crippen molar-refractivity contribution in [1.29, 1.82) is 0 Å². The van der Waals surface area contributed by atoms with Crippen LogP contribution in [0.25, 0.3) is 34.4 Å². The van der Waals surface area contributed by atoms with E-state index in [0.717, 1.165) is 11.0 Å². The fourth-order valence-electron chi connectivity index (χ4n) is 4.97. The van der Waals surface area contributed by atoms with E-state index < -0.39 is 17.2 Å². The molecular formula is C27H26N4O4. The lowest BCUT2D eigenvalue weighted by atomic mass is 9.87. The molecule has 0 saturated carbocycles. The molecule has 8 heteroatoms. The fourth-order valence-corrected chi connectivity index (χ4v) is 4.97. The third kappa shape index (κ3) is 3.90. The number of aliphatic carboxylic acids is 1. The number of hydrogen-bond acceptors (Lipinski definition) is 4. The van der Waals surface area contributed by atoms with E-state index in [1.54, 1.807) is 0 Å². The van der Waals surface area contributed by atoms with Crippen molar-refractivity contribution in [3.8, 4) is 11.1 Å². The van der Waals surface area contributed by atoms with Gasteiger partial charge in [0.15, 0.2) is 11.2 Å². The Labute approximate surface area is 200 Å². The summed E-state index contributed by atoms with van der Waals surface area (Å²) in [6.07, 6.45) is 10.9. The molecule has 2 heterocycles. The van der Waals surface area contributed by atoms with E-state index >= 15 is 0 Å². The summed E-state index contributed by atoms with van der Waals surface area (Å²) < 4.78 is 3.33. The molecular weight excluding hydrogens is 444 g/mol. The Kier molecular flexibility index (Phi) is 5.72. The van der Waals surface area contributed by atoms with Gasteiger partial charge in [-0.1, -0.05) is 48.6 Å². The van der Waals surface area contributed by atoms with Crippen LogP contribution in [0.1, 0.15) is 24.0 Å². The van der Waals surface area contributed by atoms with E-state index in [-0.39, 0.29) is 17.7 Å². The molecule has 2 aromatic heterocycles. The summed E-state index contributed by atoms with van der Waals surface area (Å²) >= 11 is 0. The molecule has 2 aliphatic rings. The summed E-state index contributed by atoms with van der Waals surface area (Å²) in [4.78, 5) is 38.0. The molecule has 1 N–H and O–H groups in total. The molecule has 6 rings (SSSR count). The quantitative estimate of drug-likeness (QED) is 0.477. The van der Waals surface area contributed by atoms with Crippen LogP contribution >= 0.6 is 0 Å². The molecule has 0 saturated heterocycles. The van der Waals surface area contributed by atoms with Gasteiger partial charge in [0.1, 0.15) is 6.54 Å². The van der Waals surface area contributed by atoms with Crippen molar-refractivity contribution in [3.63, 3.8) is 0 Å². The highest BCUT2D eigenvalue weighted by atomic mass is 16.4. The van der Waals surface area contributed by atoms with Gasteiger partial charge in [0.2, 0.25) is 0 Å². The first-order valence-corrected chi connectivity index (χ1v) is 11.6. The molecule has 178 valence electrons. The minimum absolute atomic E-state index is 0.108. The monoisotopic (exact) mass is 470 g/mol. The van der Waals surface area contributed by atoms with Crippen LogP contribution in [-0.4, -0.2) is 29.8 Å². The Bertz CT molecular complexity index is 1720. The normalized spacial score (nSPS) is 13.4. The van der Waals surface area contributed by atoms with Crippen LogP contribution in [0.15, 0.2) is 52.3 Å². The molecule has 0 amide bonds. The van der Waals surface area contributed by atoms with Crippen molar-refractivity contribution in [2.24, 2.45) is 14.1 Å². The summed E-state index contributed by atoms with van der Waals surface area (Å²) in [5, 5.41) is 11.7.